The van der Waals surface area contributed by atoms with Crippen molar-refractivity contribution in [3.63, 3.8) is 0 Å². The van der Waals surface area contributed by atoms with Crippen molar-refractivity contribution in [1.82, 2.24) is 24.6 Å². The molecule has 0 amide bonds. The molecule has 0 saturated carbocycles. The maximum absolute atomic E-state index is 6.75. The standard InChI is InChI=1S/Co.HI.N3.4H3N.H2N/c;;1-3-2;;;;;/h;1H;;4*1H3;1H2/q+3;;-1;;;;;-1/p-1. The van der Waals surface area contributed by atoms with Gasteiger partial charge in [-0.3, -0.25) is 4.91 Å². The van der Waals surface area contributed by atoms with E-state index in [0.717, 1.165) is 0 Å². The summed E-state index contributed by atoms with van der Waals surface area (Å²) in [6.07, 6.45) is 0. The van der Waals surface area contributed by atoms with Gasteiger partial charge in [-0.05, 0) is 0 Å². The third-order valence-corrected chi connectivity index (χ3v) is 0. The molecule has 14 N–H and O–H groups in total. The molecule has 0 unspecified atom stereocenters. The predicted octanol–water partition coefficient (Wildman–Crippen LogP) is 3.11. The molecule has 0 aliphatic rings. The Hall–Kier alpha value is 0.346. The summed E-state index contributed by atoms with van der Waals surface area (Å²) in [5, 5.41) is 0. The Labute approximate surface area is 79.6 Å². The zero-order valence-corrected chi connectivity index (χ0v) is 8.66. The molecule has 0 rings (SSSR count). The van der Waals surface area contributed by atoms with E-state index in [2.05, 4.69) is 12.5 Å². The summed E-state index contributed by atoms with van der Waals surface area (Å²) < 4.78 is 0. The Morgan fingerprint density at radius 2 is 0.900 bits per heavy atom. The van der Waals surface area contributed by atoms with Gasteiger partial charge in [0.05, 0.1) is 0 Å². The quantitative estimate of drug-likeness (QED) is 0.228. The molecule has 0 atom stereocenters. The number of halogens is 1. The topological polar surface area (TPSA) is 232 Å². The van der Waals surface area contributed by atoms with Crippen molar-refractivity contribution in [2.75, 3.05) is 0 Å². The van der Waals surface area contributed by atoms with Crippen LogP contribution >= 0.6 is 20.4 Å². The van der Waals surface area contributed by atoms with Crippen LogP contribution in [0, 0.1) is 0 Å². The Morgan fingerprint density at radius 3 is 0.900 bits per heavy atom. The fourth-order valence-electron chi connectivity index (χ4n) is 0. The largest absolute Gasteiger partial charge is 0.693 e. The van der Waals surface area contributed by atoms with Gasteiger partial charge in [0.1, 0.15) is 0 Å². The van der Waals surface area contributed by atoms with Crippen molar-refractivity contribution >= 4 is 20.4 Å². The van der Waals surface area contributed by atoms with Gasteiger partial charge < -0.3 is 41.8 Å². The smallest absolute Gasteiger partial charge is 0.255 e. The van der Waals surface area contributed by atoms with Crippen LogP contribution in [0.5, 0.6) is 0 Å². The maximum Gasteiger partial charge on any atom is -0.255 e. The number of hydrogen-bond donors (Lipinski definition) is 4. The summed E-state index contributed by atoms with van der Waals surface area (Å²) in [5.41, 5.74) is 13.5. The van der Waals surface area contributed by atoms with E-state index in [1.165, 1.54) is 4.91 Å². The first-order chi connectivity index (χ1) is 2.41. The van der Waals surface area contributed by atoms with Crippen LogP contribution in [0.1, 0.15) is 0 Å². The molecule has 0 fully saturated rings. The molecule has 0 radical (unpaired) electrons. The minimum atomic E-state index is 0. The first-order valence-corrected chi connectivity index (χ1v) is 3.88. The molecule has 0 saturated heterocycles. The van der Waals surface area contributed by atoms with Gasteiger partial charge in [0.25, 0.3) is 0 Å². The van der Waals surface area contributed by atoms with Gasteiger partial charge in [-0.15, -0.1) is 0 Å². The van der Waals surface area contributed by atoms with Gasteiger partial charge in [-0.1, -0.05) is 0 Å². The van der Waals surface area contributed by atoms with Crippen molar-refractivity contribution in [1.29, 1.82) is 0 Å². The minimum Gasteiger partial charge on any atom is -0.693 e. The Kier molecular flexibility index (Phi) is 2900. The zero-order chi connectivity index (χ0) is 4.71. The summed E-state index contributed by atoms with van der Waals surface area (Å²) in [7, 11) is 0. The average molecular weight is 312 g/mol. The van der Waals surface area contributed by atoms with E-state index in [-0.39, 0.29) is 30.8 Å². The van der Waals surface area contributed by atoms with Crippen LogP contribution in [0.2, 0.25) is 0 Å². The third kappa shape index (κ3) is 3750. The summed E-state index contributed by atoms with van der Waals surface area (Å²) in [6, 6.07) is 0. The van der Waals surface area contributed by atoms with E-state index < -0.39 is 0 Å². The molecule has 8 nitrogen and oxygen atoms in total. The monoisotopic (exact) mass is 312 g/mol. The van der Waals surface area contributed by atoms with Crippen LogP contribution in [0.25, 0.3) is 22.1 Å². The van der Waals surface area contributed by atoms with Crippen LogP contribution in [0.4, 0.5) is 0 Å². The SMILES string of the molecule is N.N.N.N.[Co+2][I].[N-]=[N+]=[N-].[NH2-]. The molecule has 0 heterocycles. The first kappa shape index (κ1) is 80.7. The maximum atomic E-state index is 6.75. The average Bonchev–Trinajstić information content (AvgIpc) is 1.46. The minimum absolute atomic E-state index is 0. The Balaban J connectivity index is -0.00000000246. The molecular weight excluding hydrogens is 298 g/mol. The van der Waals surface area contributed by atoms with E-state index >= 15 is 0 Å². The van der Waals surface area contributed by atoms with Crippen LogP contribution < -0.4 is 24.6 Å². The number of rotatable bonds is 0. The Bertz CT molecular complexity index is 30.2. The van der Waals surface area contributed by atoms with Crippen molar-refractivity contribution in [3.05, 3.63) is 22.1 Å². The van der Waals surface area contributed by atoms with Crippen LogP contribution in [-0.2, 0) is 12.5 Å². The molecule has 0 aliphatic carbocycles. The van der Waals surface area contributed by atoms with Crippen LogP contribution in [0.3, 0.4) is 0 Å². The van der Waals surface area contributed by atoms with Crippen LogP contribution in [0.15, 0.2) is 0 Å². The molecule has 70 valence electrons. The summed E-state index contributed by atoms with van der Waals surface area (Å²) in [4.78, 5) is 1.50. The second kappa shape index (κ2) is 359. The van der Waals surface area contributed by atoms with Gasteiger partial charge in [0.2, 0.25) is 0 Å². The molecule has 0 aromatic heterocycles. The summed E-state index contributed by atoms with van der Waals surface area (Å²) in [6.45, 7) is 0. The third-order valence-electron chi connectivity index (χ3n) is 0. The predicted molar refractivity (Wildman–Crippen MR) is 49.5 cm³/mol. The molecule has 10 heteroatoms. The van der Waals surface area contributed by atoms with E-state index in [9.17, 15) is 0 Å². The second-order valence-electron chi connectivity index (χ2n) is 0.0894. The van der Waals surface area contributed by atoms with E-state index in [4.69, 9.17) is 11.1 Å². The number of nitrogens with two attached hydrogens (primary N) is 1. The fourth-order valence-corrected chi connectivity index (χ4v) is 0. The van der Waals surface area contributed by atoms with Gasteiger partial charge in [-0.2, -0.15) is 0 Å². The van der Waals surface area contributed by atoms with E-state index in [0.29, 0.717) is 0 Å². The van der Waals surface area contributed by atoms with Crippen molar-refractivity contribution in [2.45, 2.75) is 0 Å². The van der Waals surface area contributed by atoms with Crippen molar-refractivity contribution in [2.24, 2.45) is 0 Å². The fraction of sp³-hybridized carbons (Fsp3) is 0. The molecule has 0 aliphatic heterocycles. The summed E-state index contributed by atoms with van der Waals surface area (Å²) in [5.74, 6) is 0. The van der Waals surface area contributed by atoms with Crippen molar-refractivity contribution < 1.29 is 12.5 Å². The number of hydrogen-bond acceptors (Lipinski definition) is 4. The second-order valence-corrected chi connectivity index (χ2v) is 0.0894. The first-order valence-electron chi connectivity index (χ1n) is 0.526. The van der Waals surface area contributed by atoms with Gasteiger partial charge in [0.15, 0.2) is 0 Å². The van der Waals surface area contributed by atoms with E-state index in [1.54, 1.807) is 0 Å². The molecular formula is H14CoIN8. The van der Waals surface area contributed by atoms with Gasteiger partial charge in [-0.25, -0.2) is 0 Å². The molecule has 0 aromatic carbocycles. The summed E-state index contributed by atoms with van der Waals surface area (Å²) >= 11 is 5.37. The van der Waals surface area contributed by atoms with Crippen LogP contribution in [-0.4, -0.2) is 0 Å². The van der Waals surface area contributed by atoms with E-state index in [1.807, 2.05) is 20.4 Å². The van der Waals surface area contributed by atoms with Gasteiger partial charge >= 0.3 is 32.9 Å². The van der Waals surface area contributed by atoms with Crippen molar-refractivity contribution in [3.8, 4) is 0 Å². The van der Waals surface area contributed by atoms with Gasteiger partial charge in [0, 0.05) is 0 Å². The molecule has 0 spiro atoms. The normalized spacial score (nSPS) is 1.40. The zero-order valence-electron chi connectivity index (χ0n) is 5.46. The molecule has 0 aromatic rings. The molecule has 10 heavy (non-hydrogen) atoms. The number of nitrogens with zero attached hydrogens (tertiary/aromatic N) is 3. The molecule has 0 bridgehead atoms. The Morgan fingerprint density at radius 1 is 0.900 bits per heavy atom.